The number of benzene rings is 1. The molecule has 0 aromatic heterocycles. The van der Waals surface area contributed by atoms with Gasteiger partial charge in [-0.2, -0.15) is 0 Å². The van der Waals surface area contributed by atoms with Crippen LogP contribution in [-0.4, -0.2) is 29.9 Å². The summed E-state index contributed by atoms with van der Waals surface area (Å²) in [6.07, 6.45) is -0.0602. The van der Waals surface area contributed by atoms with Gasteiger partial charge in [-0.1, -0.05) is 12.1 Å². The van der Waals surface area contributed by atoms with Gasteiger partial charge in [-0.15, -0.1) is 0 Å². The van der Waals surface area contributed by atoms with Crippen molar-refractivity contribution in [2.24, 2.45) is 0 Å². The monoisotopic (exact) mass is 213 g/mol. The van der Waals surface area contributed by atoms with E-state index in [-0.39, 0.29) is 12.4 Å². The van der Waals surface area contributed by atoms with Crippen molar-refractivity contribution in [1.82, 2.24) is 5.32 Å². The van der Waals surface area contributed by atoms with Crippen molar-refractivity contribution in [2.75, 3.05) is 19.7 Å². The van der Waals surface area contributed by atoms with E-state index < -0.39 is 6.10 Å². The fourth-order valence-electron chi connectivity index (χ4n) is 1.27. The molecule has 3 nitrogen and oxygen atoms in total. The van der Waals surface area contributed by atoms with Gasteiger partial charge in [0.2, 0.25) is 0 Å². The van der Waals surface area contributed by atoms with Crippen molar-refractivity contribution in [1.29, 1.82) is 0 Å². The van der Waals surface area contributed by atoms with Crippen LogP contribution in [-0.2, 0) is 0 Å². The van der Waals surface area contributed by atoms with Gasteiger partial charge < -0.3 is 15.5 Å². The molecule has 1 aromatic carbocycles. The second kappa shape index (κ2) is 6.50. The Balaban J connectivity index is 2.36. The molecular weight excluding hydrogens is 197 g/mol. The van der Waals surface area contributed by atoms with Gasteiger partial charge in [-0.25, -0.2) is 4.39 Å². The summed E-state index contributed by atoms with van der Waals surface area (Å²) in [5, 5.41) is 21.2. The Labute approximate surface area is 88.6 Å². The number of hydrogen-bond donors (Lipinski definition) is 3. The Morgan fingerprint density at radius 1 is 1.40 bits per heavy atom. The summed E-state index contributed by atoms with van der Waals surface area (Å²) < 4.78 is 12.8. The molecule has 1 unspecified atom stereocenters. The molecule has 0 aliphatic rings. The van der Waals surface area contributed by atoms with E-state index in [0.717, 1.165) is 0 Å². The third-order valence-corrected chi connectivity index (χ3v) is 2.08. The number of aliphatic hydroxyl groups excluding tert-OH is 2. The summed E-state index contributed by atoms with van der Waals surface area (Å²) in [4.78, 5) is 0. The van der Waals surface area contributed by atoms with E-state index in [0.29, 0.717) is 25.1 Å². The van der Waals surface area contributed by atoms with E-state index in [4.69, 9.17) is 5.11 Å². The van der Waals surface area contributed by atoms with Crippen LogP contribution in [0.3, 0.4) is 0 Å². The van der Waals surface area contributed by atoms with E-state index in [2.05, 4.69) is 5.32 Å². The Bertz CT molecular complexity index is 294. The Kier molecular flexibility index (Phi) is 5.25. The molecule has 0 bridgehead atoms. The highest BCUT2D eigenvalue weighted by molar-refractivity contribution is 5.18. The third-order valence-electron chi connectivity index (χ3n) is 2.08. The van der Waals surface area contributed by atoms with Gasteiger partial charge >= 0.3 is 0 Å². The number of nitrogens with one attached hydrogen (secondary N) is 1. The van der Waals surface area contributed by atoms with Crippen LogP contribution in [0, 0.1) is 5.82 Å². The van der Waals surface area contributed by atoms with Gasteiger partial charge in [0.25, 0.3) is 0 Å². The summed E-state index contributed by atoms with van der Waals surface area (Å²) in [6.45, 7) is 1.13. The molecule has 0 saturated heterocycles. The van der Waals surface area contributed by atoms with Crippen molar-refractivity contribution in [3.63, 3.8) is 0 Å². The maximum Gasteiger partial charge on any atom is 0.123 e. The van der Waals surface area contributed by atoms with Crippen LogP contribution in [0.1, 0.15) is 18.1 Å². The van der Waals surface area contributed by atoms with Gasteiger partial charge in [0.1, 0.15) is 5.82 Å². The largest absolute Gasteiger partial charge is 0.396 e. The van der Waals surface area contributed by atoms with Gasteiger partial charge in [0.15, 0.2) is 0 Å². The minimum atomic E-state index is -0.709. The molecule has 0 aliphatic heterocycles. The molecule has 0 aliphatic carbocycles. The zero-order valence-electron chi connectivity index (χ0n) is 8.49. The average Bonchev–Trinajstić information content (AvgIpc) is 2.24. The Morgan fingerprint density at radius 2 is 2.20 bits per heavy atom. The molecule has 0 spiro atoms. The fourth-order valence-corrected chi connectivity index (χ4v) is 1.27. The van der Waals surface area contributed by atoms with Crippen LogP contribution >= 0.6 is 0 Å². The lowest BCUT2D eigenvalue weighted by molar-refractivity contribution is 0.173. The zero-order chi connectivity index (χ0) is 11.1. The first-order valence-electron chi connectivity index (χ1n) is 4.99. The highest BCUT2D eigenvalue weighted by Gasteiger charge is 2.06. The van der Waals surface area contributed by atoms with E-state index >= 15 is 0 Å². The summed E-state index contributed by atoms with van der Waals surface area (Å²) >= 11 is 0. The lowest BCUT2D eigenvalue weighted by Crippen LogP contribution is -2.23. The highest BCUT2D eigenvalue weighted by atomic mass is 19.1. The predicted octanol–water partition coefficient (Wildman–Crippen LogP) is 0.831. The van der Waals surface area contributed by atoms with Crippen LogP contribution in [0.4, 0.5) is 4.39 Å². The van der Waals surface area contributed by atoms with E-state index in [1.54, 1.807) is 12.1 Å². The van der Waals surface area contributed by atoms with Crippen LogP contribution < -0.4 is 5.32 Å². The molecule has 1 atom stereocenters. The number of aliphatic hydroxyl groups is 2. The standard InChI is InChI=1S/C11H16FNO2/c12-10-4-1-3-9(7-10)11(15)8-13-5-2-6-14/h1,3-4,7,11,13-15H,2,5-6,8H2. The van der Waals surface area contributed by atoms with Gasteiger partial charge in [-0.3, -0.25) is 0 Å². The normalized spacial score (nSPS) is 12.7. The Morgan fingerprint density at radius 3 is 2.87 bits per heavy atom. The van der Waals surface area contributed by atoms with Crippen molar-refractivity contribution in [3.05, 3.63) is 35.6 Å². The minimum absolute atomic E-state index is 0.128. The molecule has 0 fully saturated rings. The SMILES string of the molecule is OCCCNCC(O)c1cccc(F)c1. The summed E-state index contributed by atoms with van der Waals surface area (Å²) in [6, 6.07) is 5.91. The first-order valence-corrected chi connectivity index (χ1v) is 4.99. The molecular formula is C11H16FNO2. The topological polar surface area (TPSA) is 52.5 Å². The molecule has 0 amide bonds. The highest BCUT2D eigenvalue weighted by Crippen LogP contribution is 2.12. The number of hydrogen-bond acceptors (Lipinski definition) is 3. The molecule has 84 valence electrons. The van der Waals surface area contributed by atoms with Crippen LogP contribution in [0.2, 0.25) is 0 Å². The maximum absolute atomic E-state index is 12.8. The summed E-state index contributed by atoms with van der Waals surface area (Å²) in [7, 11) is 0. The summed E-state index contributed by atoms with van der Waals surface area (Å²) in [5.41, 5.74) is 0.562. The molecule has 0 radical (unpaired) electrons. The first-order chi connectivity index (χ1) is 7.24. The van der Waals surface area contributed by atoms with Crippen LogP contribution in [0.25, 0.3) is 0 Å². The molecule has 3 N–H and O–H groups in total. The van der Waals surface area contributed by atoms with E-state index in [1.165, 1.54) is 12.1 Å². The molecule has 4 heteroatoms. The van der Waals surface area contributed by atoms with Crippen LogP contribution in [0.15, 0.2) is 24.3 Å². The molecule has 0 heterocycles. The minimum Gasteiger partial charge on any atom is -0.396 e. The third kappa shape index (κ3) is 4.38. The number of rotatable bonds is 6. The maximum atomic E-state index is 12.8. The van der Waals surface area contributed by atoms with E-state index in [9.17, 15) is 9.50 Å². The van der Waals surface area contributed by atoms with Gasteiger partial charge in [0.05, 0.1) is 6.10 Å². The van der Waals surface area contributed by atoms with Gasteiger partial charge in [0, 0.05) is 13.2 Å². The molecule has 1 aromatic rings. The van der Waals surface area contributed by atoms with Crippen molar-refractivity contribution in [2.45, 2.75) is 12.5 Å². The summed E-state index contributed by atoms with van der Waals surface area (Å²) in [5.74, 6) is -0.345. The first kappa shape index (κ1) is 12.1. The predicted molar refractivity (Wildman–Crippen MR) is 55.9 cm³/mol. The smallest absolute Gasteiger partial charge is 0.123 e. The lowest BCUT2D eigenvalue weighted by Gasteiger charge is -2.11. The molecule has 0 saturated carbocycles. The van der Waals surface area contributed by atoms with Gasteiger partial charge in [-0.05, 0) is 30.7 Å². The second-order valence-electron chi connectivity index (χ2n) is 3.35. The molecule has 1 rings (SSSR count). The van der Waals surface area contributed by atoms with Crippen LogP contribution in [0.5, 0.6) is 0 Å². The van der Waals surface area contributed by atoms with E-state index in [1.807, 2.05) is 0 Å². The quantitative estimate of drug-likeness (QED) is 0.613. The number of halogens is 1. The van der Waals surface area contributed by atoms with Crippen molar-refractivity contribution in [3.8, 4) is 0 Å². The fraction of sp³-hybridized carbons (Fsp3) is 0.455. The Hall–Kier alpha value is -0.970. The van der Waals surface area contributed by atoms with Crippen molar-refractivity contribution < 1.29 is 14.6 Å². The lowest BCUT2D eigenvalue weighted by atomic mass is 10.1. The molecule has 15 heavy (non-hydrogen) atoms. The second-order valence-corrected chi connectivity index (χ2v) is 3.35. The average molecular weight is 213 g/mol. The zero-order valence-corrected chi connectivity index (χ0v) is 8.49. The van der Waals surface area contributed by atoms with Crippen molar-refractivity contribution >= 4 is 0 Å².